The Hall–Kier alpha value is -7.65. The second-order valence-corrected chi connectivity index (χ2v) is 14.1. The highest BCUT2D eigenvalue weighted by Gasteiger charge is 2.29. The average Bonchev–Trinajstić information content (AvgIpc) is 4.11. The summed E-state index contributed by atoms with van der Waals surface area (Å²) >= 11 is 0. The Kier molecular flexibility index (Phi) is 8.30. The molecule has 9 heteroatoms. The monoisotopic (exact) mass is 760 g/mol. The number of ketones is 1. The molecule has 0 saturated heterocycles. The number of carbonyl (C=O) groups is 1. The van der Waals surface area contributed by atoms with Crippen LogP contribution in [0.25, 0.3) is 90.9 Å². The summed E-state index contributed by atoms with van der Waals surface area (Å²) in [6.07, 6.45) is 8.11. The summed E-state index contributed by atoms with van der Waals surface area (Å²) in [6.45, 7) is 0. The molecule has 3 aromatic heterocycles. The van der Waals surface area contributed by atoms with Gasteiger partial charge in [0, 0.05) is 55.5 Å². The third kappa shape index (κ3) is 5.66. The molecule has 0 spiro atoms. The lowest BCUT2D eigenvalue weighted by Gasteiger charge is -2.17. The molecule has 8 bridgehead atoms. The molecule has 0 atom stereocenters. The van der Waals surface area contributed by atoms with E-state index in [2.05, 4.69) is 28.2 Å². The van der Waals surface area contributed by atoms with Crippen molar-refractivity contribution < 1.29 is 23.7 Å². The summed E-state index contributed by atoms with van der Waals surface area (Å²) in [5, 5.41) is 0. The molecule has 282 valence electrons. The fourth-order valence-corrected chi connectivity index (χ4v) is 8.19. The Morgan fingerprint density at radius 1 is 0.414 bits per heavy atom. The fourth-order valence-electron chi connectivity index (χ4n) is 8.19. The molecule has 7 aromatic rings. The highest BCUT2D eigenvalue weighted by molar-refractivity contribution is 6.24. The first-order valence-electron chi connectivity index (χ1n) is 18.8. The first-order chi connectivity index (χ1) is 28.4. The number of fused-ring (bicyclic) bond motifs is 10. The number of aromatic amines is 2. The van der Waals surface area contributed by atoms with Crippen molar-refractivity contribution in [2.24, 2.45) is 0 Å². The van der Waals surface area contributed by atoms with Gasteiger partial charge in [-0.15, -0.1) is 0 Å². The van der Waals surface area contributed by atoms with Gasteiger partial charge in [0.15, 0.2) is 5.78 Å². The van der Waals surface area contributed by atoms with Crippen LogP contribution >= 0.6 is 0 Å². The Morgan fingerprint density at radius 3 is 1.47 bits per heavy atom. The van der Waals surface area contributed by atoms with Crippen LogP contribution in [-0.2, 0) is 0 Å². The van der Waals surface area contributed by atoms with Crippen LogP contribution in [0.1, 0.15) is 38.7 Å². The Morgan fingerprint density at radius 2 is 0.897 bits per heavy atom. The van der Waals surface area contributed by atoms with Crippen molar-refractivity contribution in [1.82, 2.24) is 19.9 Å². The summed E-state index contributed by atoms with van der Waals surface area (Å²) in [4.78, 5) is 32.7. The number of aromatic nitrogens is 4. The van der Waals surface area contributed by atoms with Crippen molar-refractivity contribution in [3.8, 4) is 67.5 Å². The number of carbonyl (C=O) groups excluding carboxylic acids is 1. The lowest BCUT2D eigenvalue weighted by Crippen LogP contribution is -2.09. The van der Waals surface area contributed by atoms with Crippen LogP contribution in [0, 0.1) is 0 Å². The summed E-state index contributed by atoms with van der Waals surface area (Å²) in [6, 6.07) is 35.5. The number of H-pyrrole nitrogens is 2. The Bertz CT molecular complexity index is 3100. The van der Waals surface area contributed by atoms with Crippen molar-refractivity contribution in [2.45, 2.75) is 0 Å². The molecule has 0 unspecified atom stereocenters. The van der Waals surface area contributed by atoms with E-state index in [9.17, 15) is 4.79 Å². The minimum atomic E-state index is -0.0914. The molecule has 2 aliphatic heterocycles. The number of rotatable bonds is 7. The van der Waals surface area contributed by atoms with Crippen LogP contribution in [0.2, 0.25) is 0 Å². The zero-order chi connectivity index (χ0) is 39.5. The zero-order valence-corrected chi connectivity index (χ0v) is 32.1. The van der Waals surface area contributed by atoms with Crippen LogP contribution < -0.4 is 18.9 Å². The first kappa shape index (κ1) is 34.8. The van der Waals surface area contributed by atoms with Crippen molar-refractivity contribution in [1.29, 1.82) is 0 Å². The van der Waals surface area contributed by atoms with E-state index >= 15 is 0 Å². The summed E-state index contributed by atoms with van der Waals surface area (Å²) in [5.41, 5.74) is 13.9. The van der Waals surface area contributed by atoms with Gasteiger partial charge in [-0.05, 0) is 114 Å². The summed E-state index contributed by atoms with van der Waals surface area (Å²) < 4.78 is 22.8. The molecule has 10 rings (SSSR count). The largest absolute Gasteiger partial charge is 0.497 e. The topological polar surface area (TPSA) is 111 Å². The molecule has 0 fully saturated rings. The van der Waals surface area contributed by atoms with E-state index in [1.807, 2.05) is 115 Å². The predicted molar refractivity (Wildman–Crippen MR) is 230 cm³/mol. The average molecular weight is 761 g/mol. The van der Waals surface area contributed by atoms with E-state index in [1.54, 1.807) is 28.4 Å². The number of nitrogens with one attached hydrogen (secondary N) is 2. The maximum atomic E-state index is 14.5. The van der Waals surface area contributed by atoms with Gasteiger partial charge in [0.25, 0.3) is 0 Å². The molecule has 0 amide bonds. The summed E-state index contributed by atoms with van der Waals surface area (Å²) in [7, 11) is 6.61. The van der Waals surface area contributed by atoms with Gasteiger partial charge in [0.05, 0.1) is 56.7 Å². The fraction of sp³-hybridized carbons (Fsp3) is 0.0816. The van der Waals surface area contributed by atoms with Gasteiger partial charge in [0.1, 0.15) is 23.0 Å². The van der Waals surface area contributed by atoms with Crippen LogP contribution in [0.15, 0.2) is 109 Å². The number of nitrogens with zero attached hydrogens (tertiary/aromatic N) is 2. The smallest absolute Gasteiger partial charge is 0.195 e. The van der Waals surface area contributed by atoms with Crippen molar-refractivity contribution in [2.75, 3.05) is 28.4 Å². The maximum Gasteiger partial charge on any atom is 0.195 e. The molecule has 1 aliphatic carbocycles. The van der Waals surface area contributed by atoms with Gasteiger partial charge >= 0.3 is 0 Å². The van der Waals surface area contributed by atoms with Gasteiger partial charge in [0.2, 0.25) is 0 Å². The van der Waals surface area contributed by atoms with Crippen LogP contribution in [0.3, 0.4) is 0 Å². The van der Waals surface area contributed by atoms with Crippen molar-refractivity contribution >= 4 is 52.2 Å². The van der Waals surface area contributed by atoms with Gasteiger partial charge < -0.3 is 28.9 Å². The predicted octanol–water partition coefficient (Wildman–Crippen LogP) is 10.9. The minimum Gasteiger partial charge on any atom is -0.497 e. The van der Waals surface area contributed by atoms with Gasteiger partial charge in [-0.1, -0.05) is 36.4 Å². The van der Waals surface area contributed by atoms with Crippen LogP contribution in [0.5, 0.6) is 23.0 Å². The Balaban J connectivity index is 1.42. The quantitative estimate of drug-likeness (QED) is 0.166. The van der Waals surface area contributed by atoms with Crippen LogP contribution in [-0.4, -0.2) is 54.2 Å². The molecule has 0 radical (unpaired) electrons. The molecular formula is C49H36N4O5. The number of hydrogen-bond donors (Lipinski definition) is 2. The van der Waals surface area contributed by atoms with Gasteiger partial charge in [-0.2, -0.15) is 0 Å². The van der Waals surface area contributed by atoms with E-state index in [0.29, 0.717) is 39.6 Å². The molecule has 0 saturated carbocycles. The first-order valence-corrected chi connectivity index (χ1v) is 18.8. The molecule has 9 nitrogen and oxygen atoms in total. The maximum absolute atomic E-state index is 14.5. The highest BCUT2D eigenvalue weighted by atomic mass is 16.5. The SMILES string of the molecule is COc1cccc(-c2c3nc(c(-c4cccc(OC)c4)c4ccc([nH]4)c(-c4cccc(OC)c4)c4cc5c([nH]4)c(c4nc2C=C4)-c2cc(OC)ccc2C5=O)C=C3)c1. The zero-order valence-electron chi connectivity index (χ0n) is 32.1. The van der Waals surface area contributed by atoms with Crippen molar-refractivity contribution in [3.05, 3.63) is 143 Å². The molecule has 58 heavy (non-hydrogen) atoms. The minimum absolute atomic E-state index is 0.0914. The number of hydrogen-bond acceptors (Lipinski definition) is 7. The van der Waals surface area contributed by atoms with Gasteiger partial charge in [-0.3, -0.25) is 4.79 Å². The molecule has 4 aromatic carbocycles. The lowest BCUT2D eigenvalue weighted by molar-refractivity contribution is 0.104. The number of methoxy groups -OCH3 is 4. The second kappa shape index (κ2) is 13.8. The van der Waals surface area contributed by atoms with E-state index in [-0.39, 0.29) is 5.78 Å². The molecule has 3 aliphatic rings. The highest BCUT2D eigenvalue weighted by Crippen LogP contribution is 2.44. The molecular weight excluding hydrogens is 725 g/mol. The second-order valence-electron chi connectivity index (χ2n) is 14.1. The van der Waals surface area contributed by atoms with E-state index < -0.39 is 0 Å². The lowest BCUT2D eigenvalue weighted by atomic mass is 9.87. The molecule has 5 heterocycles. The Labute approximate surface area is 333 Å². The van der Waals surface area contributed by atoms with Crippen LogP contribution in [0.4, 0.5) is 0 Å². The van der Waals surface area contributed by atoms with E-state index in [4.69, 9.17) is 28.9 Å². The third-order valence-corrected chi connectivity index (χ3v) is 10.9. The molecule has 2 N–H and O–H groups in total. The van der Waals surface area contributed by atoms with Gasteiger partial charge in [-0.25, -0.2) is 9.97 Å². The normalized spacial score (nSPS) is 12.4. The van der Waals surface area contributed by atoms with E-state index in [0.717, 1.165) is 83.9 Å². The number of ether oxygens (including phenoxy) is 4. The summed E-state index contributed by atoms with van der Waals surface area (Å²) in [5.74, 6) is 2.69. The van der Waals surface area contributed by atoms with E-state index in [1.165, 1.54) is 0 Å². The third-order valence-electron chi connectivity index (χ3n) is 10.9. The van der Waals surface area contributed by atoms with Crippen molar-refractivity contribution in [3.63, 3.8) is 0 Å². The number of benzene rings is 4. The standard InChI is InChI=1S/C49H36N4O5/c1-55-30-11-5-8-27(22-30)44-37-16-17-38(50-37)45(28-9-6-12-31(23-28)56-2)40-20-21-42(52-40)47-35-25-33(58-4)14-15-34(35)49(54)36-26-43(53-48(36)47)46(41-19-18-39(44)51-41)29-10-7-13-32(24-29)57-3/h5-26,51,53H,1-4H3.